The third-order valence-corrected chi connectivity index (χ3v) is 5.90. The molecule has 0 saturated heterocycles. The first kappa shape index (κ1) is 18.7. The molecule has 1 aliphatic rings. The fourth-order valence-electron chi connectivity index (χ4n) is 3.51. The maximum atomic E-state index is 12.3. The standard InChI is InChI=1S/C21H23N3O3S/c1-3-26-15-11-7-6-10-14(15)22-18-17-13-9-5-8-12-16(13)28-20(17)24-19(23-18)21(25)27-4-2/h6-7,10-11H,3-5,8-9,12H2,1-2H3,(H,22,23,24). The average molecular weight is 398 g/mol. The Bertz CT molecular complexity index is 1020. The van der Waals surface area contributed by atoms with Crippen LogP contribution < -0.4 is 10.1 Å². The zero-order valence-corrected chi connectivity index (χ0v) is 16.9. The molecule has 7 heteroatoms. The molecule has 1 N–H and O–H groups in total. The second-order valence-electron chi connectivity index (χ2n) is 6.56. The van der Waals surface area contributed by atoms with Crippen molar-refractivity contribution in [2.75, 3.05) is 18.5 Å². The Balaban J connectivity index is 1.85. The maximum absolute atomic E-state index is 12.3. The predicted octanol–water partition coefficient (Wildman–Crippen LogP) is 4.89. The molecule has 0 amide bonds. The Hall–Kier alpha value is -2.67. The van der Waals surface area contributed by atoms with E-state index < -0.39 is 5.97 Å². The summed E-state index contributed by atoms with van der Waals surface area (Å²) < 4.78 is 10.9. The first-order chi connectivity index (χ1) is 13.7. The number of ether oxygens (including phenoxy) is 2. The van der Waals surface area contributed by atoms with Crippen LogP contribution in [0.2, 0.25) is 0 Å². The molecule has 4 rings (SSSR count). The van der Waals surface area contributed by atoms with E-state index >= 15 is 0 Å². The SMILES string of the molecule is CCOC(=O)c1nc(Nc2ccccc2OCC)c2c3c(sc2n1)CCCC3. The Morgan fingerprint density at radius 3 is 2.79 bits per heavy atom. The van der Waals surface area contributed by atoms with E-state index in [0.717, 1.165) is 40.9 Å². The van der Waals surface area contributed by atoms with Gasteiger partial charge in [0.1, 0.15) is 16.4 Å². The Kier molecular flexibility index (Phi) is 5.43. The molecule has 0 spiro atoms. The summed E-state index contributed by atoms with van der Waals surface area (Å²) in [6.45, 7) is 4.59. The van der Waals surface area contributed by atoms with Crippen LogP contribution in [0.5, 0.6) is 5.75 Å². The quantitative estimate of drug-likeness (QED) is 0.597. The number of carbonyl (C=O) groups excluding carboxylic acids is 1. The summed E-state index contributed by atoms with van der Waals surface area (Å²) >= 11 is 1.66. The van der Waals surface area contributed by atoms with E-state index in [0.29, 0.717) is 12.4 Å². The van der Waals surface area contributed by atoms with Crippen molar-refractivity contribution in [2.45, 2.75) is 39.5 Å². The van der Waals surface area contributed by atoms with Crippen LogP contribution in [-0.2, 0) is 17.6 Å². The number of nitrogens with one attached hydrogen (secondary N) is 1. The molecule has 0 bridgehead atoms. The number of para-hydroxylation sites is 2. The van der Waals surface area contributed by atoms with Crippen molar-refractivity contribution in [1.82, 2.24) is 9.97 Å². The molecule has 6 nitrogen and oxygen atoms in total. The van der Waals surface area contributed by atoms with Crippen LogP contribution >= 0.6 is 11.3 Å². The normalized spacial score (nSPS) is 13.2. The minimum absolute atomic E-state index is 0.0873. The summed E-state index contributed by atoms with van der Waals surface area (Å²) in [4.78, 5) is 23.6. The highest BCUT2D eigenvalue weighted by atomic mass is 32.1. The van der Waals surface area contributed by atoms with E-state index in [1.54, 1.807) is 18.3 Å². The van der Waals surface area contributed by atoms with Crippen molar-refractivity contribution in [3.8, 4) is 5.75 Å². The van der Waals surface area contributed by atoms with Gasteiger partial charge >= 0.3 is 5.97 Å². The highest BCUT2D eigenvalue weighted by Gasteiger charge is 2.24. The van der Waals surface area contributed by atoms with Gasteiger partial charge in [0.05, 0.1) is 24.3 Å². The number of carbonyl (C=O) groups is 1. The van der Waals surface area contributed by atoms with Crippen molar-refractivity contribution in [1.29, 1.82) is 0 Å². The zero-order chi connectivity index (χ0) is 19.5. The lowest BCUT2D eigenvalue weighted by Crippen LogP contribution is -2.11. The molecular formula is C21H23N3O3S. The van der Waals surface area contributed by atoms with E-state index in [1.807, 2.05) is 31.2 Å². The van der Waals surface area contributed by atoms with Crippen LogP contribution in [0.15, 0.2) is 24.3 Å². The summed E-state index contributed by atoms with van der Waals surface area (Å²) in [5.74, 6) is 0.972. The molecule has 0 unspecified atom stereocenters. The van der Waals surface area contributed by atoms with Crippen molar-refractivity contribution >= 4 is 39.0 Å². The number of anilines is 2. The monoisotopic (exact) mass is 397 g/mol. The Morgan fingerprint density at radius 2 is 1.96 bits per heavy atom. The van der Waals surface area contributed by atoms with Crippen molar-refractivity contribution in [2.24, 2.45) is 0 Å². The van der Waals surface area contributed by atoms with Gasteiger partial charge in [-0.15, -0.1) is 11.3 Å². The number of hydrogen-bond donors (Lipinski definition) is 1. The van der Waals surface area contributed by atoms with E-state index in [1.165, 1.54) is 16.9 Å². The molecule has 146 valence electrons. The molecule has 28 heavy (non-hydrogen) atoms. The largest absolute Gasteiger partial charge is 0.492 e. The third-order valence-electron chi connectivity index (χ3n) is 4.71. The summed E-state index contributed by atoms with van der Waals surface area (Å²) in [5.41, 5.74) is 2.12. The molecule has 2 aromatic heterocycles. The van der Waals surface area contributed by atoms with Gasteiger partial charge in [0.15, 0.2) is 0 Å². The van der Waals surface area contributed by atoms with Crippen LogP contribution in [0.4, 0.5) is 11.5 Å². The Labute approximate surface area is 167 Å². The topological polar surface area (TPSA) is 73.3 Å². The lowest BCUT2D eigenvalue weighted by molar-refractivity contribution is 0.0512. The van der Waals surface area contributed by atoms with E-state index in [2.05, 4.69) is 15.3 Å². The molecule has 0 saturated carbocycles. The minimum Gasteiger partial charge on any atom is -0.492 e. The highest BCUT2D eigenvalue weighted by Crippen LogP contribution is 2.40. The van der Waals surface area contributed by atoms with Crippen LogP contribution in [0.1, 0.15) is 47.7 Å². The van der Waals surface area contributed by atoms with Crippen LogP contribution in [0, 0.1) is 0 Å². The summed E-state index contributed by atoms with van der Waals surface area (Å²) in [5, 5.41) is 4.41. The number of fused-ring (bicyclic) bond motifs is 3. The van der Waals surface area contributed by atoms with E-state index in [9.17, 15) is 4.79 Å². The number of rotatable bonds is 6. The highest BCUT2D eigenvalue weighted by molar-refractivity contribution is 7.19. The van der Waals surface area contributed by atoms with Gasteiger partial charge in [-0.05, 0) is 57.2 Å². The first-order valence-corrected chi connectivity index (χ1v) is 10.5. The number of thiophene rings is 1. The molecular weight excluding hydrogens is 374 g/mol. The summed E-state index contributed by atoms with van der Waals surface area (Å²) in [7, 11) is 0. The van der Waals surface area contributed by atoms with Crippen molar-refractivity contribution in [3.63, 3.8) is 0 Å². The predicted molar refractivity (Wildman–Crippen MR) is 111 cm³/mol. The number of hydrogen-bond acceptors (Lipinski definition) is 7. The van der Waals surface area contributed by atoms with Crippen LogP contribution in [-0.4, -0.2) is 29.2 Å². The number of esters is 1. The maximum Gasteiger partial charge on any atom is 0.376 e. The van der Waals surface area contributed by atoms with Gasteiger partial charge < -0.3 is 14.8 Å². The molecule has 3 aromatic rings. The van der Waals surface area contributed by atoms with Crippen LogP contribution in [0.3, 0.4) is 0 Å². The fourth-order valence-corrected chi connectivity index (χ4v) is 4.77. The molecule has 0 radical (unpaired) electrons. The average Bonchev–Trinajstić information content (AvgIpc) is 3.08. The lowest BCUT2D eigenvalue weighted by Gasteiger charge is -2.15. The van der Waals surface area contributed by atoms with E-state index in [4.69, 9.17) is 9.47 Å². The summed E-state index contributed by atoms with van der Waals surface area (Å²) in [6.07, 6.45) is 4.42. The molecule has 0 fully saturated rings. The molecule has 2 heterocycles. The second kappa shape index (κ2) is 8.14. The number of aryl methyl sites for hydroxylation is 2. The second-order valence-corrected chi connectivity index (χ2v) is 7.65. The van der Waals surface area contributed by atoms with Gasteiger partial charge in [-0.2, -0.15) is 0 Å². The minimum atomic E-state index is -0.503. The van der Waals surface area contributed by atoms with E-state index in [-0.39, 0.29) is 12.4 Å². The fraction of sp³-hybridized carbons (Fsp3) is 0.381. The molecule has 1 aliphatic carbocycles. The van der Waals surface area contributed by atoms with Gasteiger partial charge in [-0.3, -0.25) is 0 Å². The van der Waals surface area contributed by atoms with Crippen LogP contribution in [0.25, 0.3) is 10.2 Å². The third kappa shape index (κ3) is 3.54. The van der Waals surface area contributed by atoms with Gasteiger partial charge in [-0.1, -0.05) is 12.1 Å². The van der Waals surface area contributed by atoms with Gasteiger partial charge in [0.2, 0.25) is 5.82 Å². The Morgan fingerprint density at radius 1 is 1.14 bits per heavy atom. The zero-order valence-electron chi connectivity index (χ0n) is 16.1. The first-order valence-electron chi connectivity index (χ1n) is 9.69. The van der Waals surface area contributed by atoms with Crippen molar-refractivity contribution in [3.05, 3.63) is 40.5 Å². The molecule has 0 atom stereocenters. The summed E-state index contributed by atoms with van der Waals surface area (Å²) in [6, 6.07) is 7.74. The van der Waals surface area contributed by atoms with Crippen molar-refractivity contribution < 1.29 is 14.3 Å². The molecule has 1 aromatic carbocycles. The lowest BCUT2D eigenvalue weighted by atomic mass is 9.97. The van der Waals surface area contributed by atoms with Gasteiger partial charge in [0, 0.05) is 4.88 Å². The smallest absolute Gasteiger partial charge is 0.376 e. The number of benzene rings is 1. The van der Waals surface area contributed by atoms with Gasteiger partial charge in [0.25, 0.3) is 0 Å². The van der Waals surface area contributed by atoms with Gasteiger partial charge in [-0.25, -0.2) is 14.8 Å². The molecule has 0 aliphatic heterocycles. The number of nitrogens with zero attached hydrogens (tertiary/aromatic N) is 2. The number of aromatic nitrogens is 2.